The van der Waals surface area contributed by atoms with Crippen molar-refractivity contribution >= 4 is 17.6 Å². The predicted molar refractivity (Wildman–Crippen MR) is 100 cm³/mol. The number of pyridine rings is 1. The summed E-state index contributed by atoms with van der Waals surface area (Å²) in [5, 5.41) is 14.6. The van der Waals surface area contributed by atoms with Gasteiger partial charge >= 0.3 is 6.18 Å². The number of ether oxygens (including phenoxy) is 1. The van der Waals surface area contributed by atoms with Gasteiger partial charge in [0.2, 0.25) is 0 Å². The highest BCUT2D eigenvalue weighted by Crippen LogP contribution is 2.33. The maximum atomic E-state index is 14.7. The highest BCUT2D eigenvalue weighted by molar-refractivity contribution is 5.98. The Labute approximate surface area is 172 Å². The largest absolute Gasteiger partial charge is 0.507 e. The Morgan fingerprint density at radius 2 is 2.06 bits per heavy atom. The highest BCUT2D eigenvalue weighted by Gasteiger charge is 2.34. The minimum Gasteiger partial charge on any atom is -0.507 e. The summed E-state index contributed by atoms with van der Waals surface area (Å²) in [4.78, 5) is 27.8. The lowest BCUT2D eigenvalue weighted by Gasteiger charge is -2.18. The van der Waals surface area contributed by atoms with Crippen LogP contribution in [0.3, 0.4) is 0 Å². The number of phenols is 1. The van der Waals surface area contributed by atoms with Gasteiger partial charge in [0.05, 0.1) is 11.3 Å². The van der Waals surface area contributed by atoms with E-state index < -0.39 is 46.5 Å². The monoisotopic (exact) mass is 440 g/mol. The Hall–Kier alpha value is -3.83. The van der Waals surface area contributed by atoms with E-state index in [2.05, 4.69) is 10.3 Å². The van der Waals surface area contributed by atoms with Crippen LogP contribution >= 0.6 is 0 Å². The van der Waals surface area contributed by atoms with Crippen LogP contribution in [0, 0.1) is 5.82 Å². The number of benzene rings is 1. The minimum absolute atomic E-state index is 0.0137. The molecule has 12 heteroatoms. The molecule has 1 aromatic heterocycles. The number of hydrogen-bond acceptors (Lipinski definition) is 6. The van der Waals surface area contributed by atoms with E-state index in [9.17, 15) is 32.3 Å². The zero-order valence-corrected chi connectivity index (χ0v) is 15.9. The Balaban J connectivity index is 1.93. The zero-order valence-electron chi connectivity index (χ0n) is 15.9. The molecular weight excluding hydrogens is 424 g/mol. The van der Waals surface area contributed by atoms with Crippen molar-refractivity contribution in [3.63, 3.8) is 0 Å². The number of fused-ring (bicyclic) bond motifs is 1. The molecule has 2 aromatic rings. The van der Waals surface area contributed by atoms with Crippen molar-refractivity contribution in [1.29, 1.82) is 0 Å². The van der Waals surface area contributed by atoms with E-state index in [1.165, 1.54) is 19.1 Å². The second-order valence-electron chi connectivity index (χ2n) is 6.43. The van der Waals surface area contributed by atoms with Gasteiger partial charge in [0, 0.05) is 11.3 Å². The number of anilines is 1. The number of phenolic OH excluding ortho intramolecular Hbond substituents is 1. The summed E-state index contributed by atoms with van der Waals surface area (Å²) in [7, 11) is 0. The molecule has 0 unspecified atom stereocenters. The number of allylic oxidation sites excluding steroid dienone is 2. The van der Waals surface area contributed by atoms with Crippen LogP contribution in [0.1, 0.15) is 23.7 Å². The predicted octanol–water partition coefficient (Wildman–Crippen LogP) is 2.80. The van der Waals surface area contributed by atoms with E-state index in [4.69, 9.17) is 10.5 Å². The number of halogens is 4. The Bertz CT molecular complexity index is 1100. The summed E-state index contributed by atoms with van der Waals surface area (Å²) in [5.41, 5.74) is 2.11. The molecule has 0 aliphatic carbocycles. The summed E-state index contributed by atoms with van der Waals surface area (Å²) in [6.07, 6.45) is -5.13. The van der Waals surface area contributed by atoms with Gasteiger partial charge in [0.15, 0.2) is 18.2 Å². The van der Waals surface area contributed by atoms with E-state index in [1.807, 2.05) is 5.32 Å². The summed E-state index contributed by atoms with van der Waals surface area (Å²) < 4.78 is 58.2. The third-order valence-corrected chi connectivity index (χ3v) is 4.33. The summed E-state index contributed by atoms with van der Waals surface area (Å²) in [5.74, 6) is -2.99. The third-order valence-electron chi connectivity index (χ3n) is 4.33. The topological polar surface area (TPSA) is 127 Å². The lowest BCUT2D eigenvalue weighted by Crippen LogP contribution is -2.31. The molecule has 164 valence electrons. The Kier molecular flexibility index (Phi) is 5.73. The molecular formula is C19H16F4N4O4. The zero-order chi connectivity index (χ0) is 22.9. The molecule has 3 rings (SSSR count). The number of nitrogens with one attached hydrogen (secondary N) is 2. The van der Waals surface area contributed by atoms with Gasteiger partial charge in [-0.3, -0.25) is 9.59 Å². The second-order valence-corrected chi connectivity index (χ2v) is 6.43. The molecule has 5 N–H and O–H groups in total. The summed E-state index contributed by atoms with van der Waals surface area (Å²) in [6.45, 7) is 1.14. The first-order chi connectivity index (χ1) is 14.5. The minimum atomic E-state index is -4.87. The number of aromatic hydroxyl groups is 1. The van der Waals surface area contributed by atoms with E-state index in [-0.39, 0.29) is 35.9 Å². The van der Waals surface area contributed by atoms with Crippen LogP contribution in [-0.2, 0) is 4.79 Å². The average molecular weight is 440 g/mol. The number of nitrogens with zero attached hydrogens (tertiary/aromatic N) is 1. The first kappa shape index (κ1) is 21.9. The number of aromatic nitrogens is 1. The molecule has 31 heavy (non-hydrogen) atoms. The van der Waals surface area contributed by atoms with Crippen LogP contribution in [0.15, 0.2) is 35.7 Å². The van der Waals surface area contributed by atoms with Gasteiger partial charge in [-0.05, 0) is 30.7 Å². The fourth-order valence-electron chi connectivity index (χ4n) is 2.78. The number of hydrogen-bond donors (Lipinski definition) is 4. The Morgan fingerprint density at radius 3 is 2.71 bits per heavy atom. The molecule has 0 saturated carbocycles. The van der Waals surface area contributed by atoms with E-state index in [0.717, 1.165) is 6.07 Å². The molecule has 1 aliphatic rings. The number of rotatable bonds is 4. The first-order valence-electron chi connectivity index (χ1n) is 8.85. The molecule has 0 bridgehead atoms. The normalized spacial score (nSPS) is 14.2. The van der Waals surface area contributed by atoms with Gasteiger partial charge in [-0.2, -0.15) is 13.2 Å². The van der Waals surface area contributed by atoms with E-state index in [1.54, 1.807) is 0 Å². The van der Waals surface area contributed by atoms with Gasteiger partial charge in [0.25, 0.3) is 11.8 Å². The highest BCUT2D eigenvalue weighted by atomic mass is 19.4. The van der Waals surface area contributed by atoms with Crippen molar-refractivity contribution in [3.8, 4) is 22.8 Å². The molecule has 1 aromatic carbocycles. The molecule has 0 atom stereocenters. The molecule has 0 saturated heterocycles. The number of amides is 2. The fraction of sp³-hybridized carbons (Fsp3) is 0.211. The maximum Gasteiger partial charge on any atom is 0.432 e. The fourth-order valence-corrected chi connectivity index (χ4v) is 2.78. The SMILES string of the molecule is CC/C(NC(=O)c1cc(F)c(-c2ccc3c(n2)NC(=O)CO3)cc1O)=C(\N)C(F)(F)F. The second kappa shape index (κ2) is 8.13. The lowest BCUT2D eigenvalue weighted by molar-refractivity contribution is -0.118. The van der Waals surface area contributed by atoms with Crippen molar-refractivity contribution in [2.75, 3.05) is 11.9 Å². The number of nitrogens with two attached hydrogens (primary N) is 1. The maximum absolute atomic E-state index is 14.7. The number of carbonyl (C=O) groups is 2. The number of carbonyl (C=O) groups excluding carboxylic acids is 2. The smallest absolute Gasteiger partial charge is 0.432 e. The van der Waals surface area contributed by atoms with E-state index in [0.29, 0.717) is 6.07 Å². The third kappa shape index (κ3) is 4.52. The van der Waals surface area contributed by atoms with Crippen molar-refractivity contribution in [2.45, 2.75) is 19.5 Å². The van der Waals surface area contributed by atoms with Crippen LogP contribution in [0.2, 0.25) is 0 Å². The molecule has 2 amide bonds. The molecule has 2 heterocycles. The van der Waals surface area contributed by atoms with Crippen molar-refractivity contribution < 1.29 is 37.0 Å². The van der Waals surface area contributed by atoms with Crippen LogP contribution in [0.25, 0.3) is 11.3 Å². The van der Waals surface area contributed by atoms with Gasteiger partial charge in [-0.25, -0.2) is 9.37 Å². The molecule has 0 radical (unpaired) electrons. The van der Waals surface area contributed by atoms with Crippen LogP contribution in [0.4, 0.5) is 23.4 Å². The first-order valence-corrected chi connectivity index (χ1v) is 8.85. The standard InChI is InChI=1S/C19H16F4N4O4/c1-2-11(16(24)19(21,22)23)26-18(30)9-5-10(20)8(6-13(9)28)12-3-4-14-17(25-12)27-15(29)7-31-14/h3-6,28H,2,7,24H2,1H3,(H,26,30)(H,25,27,29)/b16-11+. The van der Waals surface area contributed by atoms with Gasteiger partial charge in [-0.15, -0.1) is 0 Å². The summed E-state index contributed by atoms with van der Waals surface area (Å²) >= 11 is 0. The number of alkyl halides is 3. The van der Waals surface area contributed by atoms with Gasteiger partial charge in [-0.1, -0.05) is 6.92 Å². The van der Waals surface area contributed by atoms with Crippen molar-refractivity contribution in [1.82, 2.24) is 10.3 Å². The van der Waals surface area contributed by atoms with Crippen molar-refractivity contribution in [3.05, 3.63) is 47.0 Å². The van der Waals surface area contributed by atoms with Crippen LogP contribution in [-0.4, -0.2) is 34.7 Å². The van der Waals surface area contributed by atoms with E-state index >= 15 is 0 Å². The summed E-state index contributed by atoms with van der Waals surface area (Å²) in [6, 6.07) is 4.36. The lowest BCUT2D eigenvalue weighted by atomic mass is 10.0. The molecule has 8 nitrogen and oxygen atoms in total. The van der Waals surface area contributed by atoms with Gasteiger partial charge in [0.1, 0.15) is 17.3 Å². The molecule has 0 spiro atoms. The molecule has 1 aliphatic heterocycles. The van der Waals surface area contributed by atoms with Crippen LogP contribution < -0.4 is 21.1 Å². The quantitative estimate of drug-likeness (QED) is 0.542. The van der Waals surface area contributed by atoms with Gasteiger partial charge < -0.3 is 26.2 Å². The average Bonchev–Trinajstić information content (AvgIpc) is 2.71. The van der Waals surface area contributed by atoms with Crippen LogP contribution in [0.5, 0.6) is 11.5 Å². The molecule has 0 fully saturated rings. The Morgan fingerprint density at radius 1 is 1.35 bits per heavy atom. The van der Waals surface area contributed by atoms with Crippen molar-refractivity contribution in [2.24, 2.45) is 5.73 Å².